The molecule has 1 heterocycles. The molecule has 0 saturated carbocycles. The third kappa shape index (κ3) is 4.93. The largest absolute Gasteiger partial charge is 0.350 e. The molecule has 128 valence electrons. The maximum absolute atomic E-state index is 12.6. The summed E-state index contributed by atoms with van der Waals surface area (Å²) in [5.41, 5.74) is 1.37. The Morgan fingerprint density at radius 1 is 1.17 bits per heavy atom. The number of anilines is 1. The van der Waals surface area contributed by atoms with E-state index in [-0.39, 0.29) is 5.91 Å². The zero-order chi connectivity index (χ0) is 17.4. The van der Waals surface area contributed by atoms with E-state index in [1.807, 2.05) is 29.2 Å². The second-order valence-corrected chi connectivity index (χ2v) is 5.91. The van der Waals surface area contributed by atoms with Gasteiger partial charge < -0.3 is 10.2 Å². The summed E-state index contributed by atoms with van der Waals surface area (Å²) in [5, 5.41) is 3.81. The number of aromatic nitrogens is 2. The summed E-state index contributed by atoms with van der Waals surface area (Å²) in [7, 11) is 0. The summed E-state index contributed by atoms with van der Waals surface area (Å²) in [5.74, 6) is 0.371. The number of amides is 1. The molecule has 1 amide bonds. The van der Waals surface area contributed by atoms with Crippen molar-refractivity contribution in [1.29, 1.82) is 0 Å². The minimum Gasteiger partial charge on any atom is -0.350 e. The fraction of sp³-hybridized carbons (Fsp3) is 0.389. The first-order valence-electron chi connectivity index (χ1n) is 8.25. The highest BCUT2D eigenvalue weighted by Gasteiger charge is 2.16. The predicted octanol–water partition coefficient (Wildman–Crippen LogP) is 4.00. The Bertz CT molecular complexity index is 672. The molecule has 24 heavy (non-hydrogen) atoms. The molecule has 0 radical (unpaired) electrons. The fourth-order valence-electron chi connectivity index (χ4n) is 2.40. The Kier molecular flexibility index (Phi) is 7.00. The molecule has 0 atom stereocenters. The SMILES string of the molecule is CCCN(CCC)C(=O)c1ccnc(NCc2ccccc2Cl)n1. The van der Waals surface area contributed by atoms with Crippen LogP contribution in [0.15, 0.2) is 36.5 Å². The second kappa shape index (κ2) is 9.23. The van der Waals surface area contributed by atoms with Crippen molar-refractivity contribution >= 4 is 23.5 Å². The highest BCUT2D eigenvalue weighted by atomic mass is 35.5. The molecule has 0 bridgehead atoms. The normalized spacial score (nSPS) is 10.5. The third-order valence-corrected chi connectivity index (χ3v) is 3.91. The first kappa shape index (κ1) is 18.2. The van der Waals surface area contributed by atoms with Crippen LogP contribution in [0.1, 0.15) is 42.7 Å². The first-order chi connectivity index (χ1) is 11.7. The van der Waals surface area contributed by atoms with Crippen molar-refractivity contribution in [3.63, 3.8) is 0 Å². The quantitative estimate of drug-likeness (QED) is 0.784. The van der Waals surface area contributed by atoms with Crippen LogP contribution in [0.3, 0.4) is 0 Å². The van der Waals surface area contributed by atoms with Gasteiger partial charge in [-0.1, -0.05) is 43.6 Å². The molecule has 1 N–H and O–H groups in total. The lowest BCUT2D eigenvalue weighted by Gasteiger charge is -2.21. The maximum Gasteiger partial charge on any atom is 0.272 e. The number of rotatable bonds is 8. The molecule has 0 aliphatic rings. The van der Waals surface area contributed by atoms with E-state index in [0.717, 1.165) is 31.5 Å². The van der Waals surface area contributed by atoms with Gasteiger partial charge in [-0.25, -0.2) is 9.97 Å². The molecule has 2 aromatic rings. The van der Waals surface area contributed by atoms with Gasteiger partial charge in [-0.05, 0) is 30.5 Å². The van der Waals surface area contributed by atoms with E-state index in [1.165, 1.54) is 0 Å². The van der Waals surface area contributed by atoms with E-state index in [9.17, 15) is 4.79 Å². The molecule has 0 fully saturated rings. The van der Waals surface area contributed by atoms with Crippen molar-refractivity contribution in [3.8, 4) is 0 Å². The van der Waals surface area contributed by atoms with E-state index in [4.69, 9.17) is 11.6 Å². The van der Waals surface area contributed by atoms with E-state index in [1.54, 1.807) is 12.3 Å². The number of carbonyl (C=O) groups excluding carboxylic acids is 1. The van der Waals surface area contributed by atoms with Gasteiger partial charge in [0.1, 0.15) is 5.69 Å². The molecule has 2 rings (SSSR count). The Morgan fingerprint density at radius 2 is 1.88 bits per heavy atom. The van der Waals surface area contributed by atoms with Crippen LogP contribution in [0.4, 0.5) is 5.95 Å². The van der Waals surface area contributed by atoms with Gasteiger partial charge in [0.15, 0.2) is 0 Å². The summed E-state index contributed by atoms with van der Waals surface area (Å²) in [4.78, 5) is 23.0. The average molecular weight is 347 g/mol. The highest BCUT2D eigenvalue weighted by Crippen LogP contribution is 2.16. The molecule has 6 heteroatoms. The zero-order valence-corrected chi connectivity index (χ0v) is 14.9. The van der Waals surface area contributed by atoms with Crippen LogP contribution in [0.2, 0.25) is 5.02 Å². The van der Waals surface area contributed by atoms with Gasteiger partial charge in [0.2, 0.25) is 5.95 Å². The summed E-state index contributed by atoms with van der Waals surface area (Å²) in [6.45, 7) is 6.10. The fourth-order valence-corrected chi connectivity index (χ4v) is 2.60. The molecule has 5 nitrogen and oxygen atoms in total. The second-order valence-electron chi connectivity index (χ2n) is 5.50. The molecule has 0 unspecified atom stereocenters. The van der Waals surface area contributed by atoms with Gasteiger partial charge in [0, 0.05) is 30.9 Å². The Morgan fingerprint density at radius 3 is 2.54 bits per heavy atom. The monoisotopic (exact) mass is 346 g/mol. The number of halogens is 1. The molecule has 0 aliphatic heterocycles. The molecule has 0 spiro atoms. The summed E-state index contributed by atoms with van der Waals surface area (Å²) >= 11 is 6.14. The predicted molar refractivity (Wildman–Crippen MR) is 97.3 cm³/mol. The van der Waals surface area contributed by atoms with Crippen molar-refractivity contribution in [2.75, 3.05) is 18.4 Å². The van der Waals surface area contributed by atoms with Gasteiger partial charge >= 0.3 is 0 Å². The number of hydrogen-bond donors (Lipinski definition) is 1. The lowest BCUT2D eigenvalue weighted by molar-refractivity contribution is 0.0749. The van der Waals surface area contributed by atoms with Gasteiger partial charge in [0.25, 0.3) is 5.91 Å². The van der Waals surface area contributed by atoms with Crippen molar-refractivity contribution < 1.29 is 4.79 Å². The standard InChI is InChI=1S/C18H23ClN4O/c1-3-11-23(12-4-2)17(24)16-9-10-20-18(22-16)21-13-14-7-5-6-8-15(14)19/h5-10H,3-4,11-13H2,1-2H3,(H,20,21,22). The Hall–Kier alpha value is -2.14. The minimum absolute atomic E-state index is 0.0538. The summed E-state index contributed by atoms with van der Waals surface area (Å²) in [6, 6.07) is 9.25. The third-order valence-electron chi connectivity index (χ3n) is 3.54. The number of carbonyl (C=O) groups is 1. The van der Waals surface area contributed by atoms with Crippen molar-refractivity contribution in [3.05, 3.63) is 52.8 Å². The molecule has 0 saturated heterocycles. The average Bonchev–Trinajstić information content (AvgIpc) is 2.60. The van der Waals surface area contributed by atoms with Crippen molar-refractivity contribution in [2.24, 2.45) is 0 Å². The number of hydrogen-bond acceptors (Lipinski definition) is 4. The van der Waals surface area contributed by atoms with Crippen molar-refractivity contribution in [2.45, 2.75) is 33.2 Å². The van der Waals surface area contributed by atoms with E-state index in [0.29, 0.717) is 23.2 Å². The highest BCUT2D eigenvalue weighted by molar-refractivity contribution is 6.31. The van der Waals surface area contributed by atoms with E-state index < -0.39 is 0 Å². The van der Waals surface area contributed by atoms with Crippen LogP contribution in [0.25, 0.3) is 0 Å². The van der Waals surface area contributed by atoms with Crippen LogP contribution in [-0.2, 0) is 6.54 Å². The van der Waals surface area contributed by atoms with E-state index in [2.05, 4.69) is 29.1 Å². The molecule has 1 aromatic heterocycles. The minimum atomic E-state index is -0.0538. The lowest BCUT2D eigenvalue weighted by atomic mass is 10.2. The van der Waals surface area contributed by atoms with Crippen LogP contribution in [0, 0.1) is 0 Å². The van der Waals surface area contributed by atoms with Gasteiger partial charge in [-0.2, -0.15) is 0 Å². The number of nitrogens with one attached hydrogen (secondary N) is 1. The maximum atomic E-state index is 12.6. The van der Waals surface area contributed by atoms with Gasteiger partial charge in [-0.15, -0.1) is 0 Å². The van der Waals surface area contributed by atoms with Crippen LogP contribution >= 0.6 is 11.6 Å². The molecule has 1 aromatic carbocycles. The Labute approximate surface area is 148 Å². The van der Waals surface area contributed by atoms with Crippen LogP contribution in [-0.4, -0.2) is 33.9 Å². The molecule has 0 aliphatic carbocycles. The zero-order valence-electron chi connectivity index (χ0n) is 14.1. The lowest BCUT2D eigenvalue weighted by Crippen LogP contribution is -2.33. The van der Waals surface area contributed by atoms with Gasteiger partial charge in [-0.3, -0.25) is 4.79 Å². The first-order valence-corrected chi connectivity index (χ1v) is 8.63. The smallest absolute Gasteiger partial charge is 0.272 e. The topological polar surface area (TPSA) is 58.1 Å². The number of benzene rings is 1. The number of nitrogens with zero attached hydrogens (tertiary/aromatic N) is 3. The van der Waals surface area contributed by atoms with E-state index >= 15 is 0 Å². The summed E-state index contributed by atoms with van der Waals surface area (Å²) in [6.07, 6.45) is 3.45. The van der Waals surface area contributed by atoms with Crippen LogP contribution in [0.5, 0.6) is 0 Å². The summed E-state index contributed by atoms with van der Waals surface area (Å²) < 4.78 is 0. The molecular weight excluding hydrogens is 324 g/mol. The van der Waals surface area contributed by atoms with Crippen molar-refractivity contribution in [1.82, 2.24) is 14.9 Å². The Balaban J connectivity index is 2.07. The van der Waals surface area contributed by atoms with Gasteiger partial charge in [0.05, 0.1) is 0 Å². The van der Waals surface area contributed by atoms with Crippen LogP contribution < -0.4 is 5.32 Å². The molecular formula is C18H23ClN4O.